The minimum atomic E-state index is 0. The van der Waals surface area contributed by atoms with Gasteiger partial charge in [-0.15, -0.1) is 0 Å². The fourth-order valence-corrected chi connectivity index (χ4v) is 10.2. The molecule has 1 heterocycles. The molecule has 0 radical (unpaired) electrons. The summed E-state index contributed by atoms with van der Waals surface area (Å²) in [7, 11) is 0. The molecule has 2 aromatic carbocycles. The number of nitrogens with zero attached hydrogens (tertiary/aromatic N) is 2. The second-order valence-electron chi connectivity index (χ2n) is 20.8. The van der Waals surface area contributed by atoms with Crippen LogP contribution in [-0.2, 0) is 0 Å². The second kappa shape index (κ2) is 23.3. The number of benzene rings is 2. The molecule has 0 spiro atoms. The van der Waals surface area contributed by atoms with Gasteiger partial charge in [-0.1, -0.05) is 147 Å². The van der Waals surface area contributed by atoms with E-state index >= 15 is 0 Å². The molecule has 0 bridgehead atoms. The molecule has 0 N–H and O–H groups in total. The van der Waals surface area contributed by atoms with E-state index in [0.717, 1.165) is 51.4 Å². The molecule has 5 heteroatoms. The Morgan fingerprint density at radius 1 is 0.429 bits per heavy atom. The van der Waals surface area contributed by atoms with Crippen LogP contribution < -0.4 is 17.0 Å². The molecular formula is C51H83Cl3N2. The highest BCUT2D eigenvalue weighted by molar-refractivity contribution is 6.40. The first-order valence-electron chi connectivity index (χ1n) is 22.5. The summed E-state index contributed by atoms with van der Waals surface area (Å²) in [6.07, 6.45) is 11.4. The van der Waals surface area contributed by atoms with Gasteiger partial charge >= 0.3 is 0 Å². The molecule has 2 nitrogen and oxygen atoms in total. The van der Waals surface area contributed by atoms with E-state index in [4.69, 9.17) is 23.2 Å². The topological polar surface area (TPSA) is 8.81 Å². The van der Waals surface area contributed by atoms with E-state index in [0.29, 0.717) is 81.3 Å². The number of hydrogen-bond acceptors (Lipinski definition) is 0. The van der Waals surface area contributed by atoms with Gasteiger partial charge in [-0.05, 0) is 146 Å². The fourth-order valence-electron chi connectivity index (χ4n) is 9.71. The monoisotopic (exact) mass is 829 g/mol. The Morgan fingerprint density at radius 3 is 0.946 bits per heavy atom. The number of aromatic nitrogens is 2. The molecule has 0 aliphatic carbocycles. The van der Waals surface area contributed by atoms with Crippen molar-refractivity contribution in [3.8, 4) is 11.4 Å². The van der Waals surface area contributed by atoms with Gasteiger partial charge in [0.1, 0.15) is 11.4 Å². The van der Waals surface area contributed by atoms with E-state index in [1.807, 2.05) is 0 Å². The van der Waals surface area contributed by atoms with Crippen LogP contribution in [0.25, 0.3) is 11.4 Å². The van der Waals surface area contributed by atoms with Crippen LogP contribution in [0.15, 0.2) is 42.7 Å². The smallest absolute Gasteiger partial charge is 0.260 e. The van der Waals surface area contributed by atoms with Gasteiger partial charge in [0.25, 0.3) is 16.6 Å². The Kier molecular flexibility index (Phi) is 21.1. The maximum Gasteiger partial charge on any atom is 0.260 e. The molecule has 0 amide bonds. The lowest BCUT2D eigenvalue weighted by Gasteiger charge is -2.28. The van der Waals surface area contributed by atoms with Crippen molar-refractivity contribution in [1.29, 1.82) is 0 Å². The first-order chi connectivity index (χ1) is 25.7. The molecule has 0 saturated heterocycles. The number of para-hydroxylation sites is 2. The summed E-state index contributed by atoms with van der Waals surface area (Å²) < 4.78 is 4.63. The van der Waals surface area contributed by atoms with E-state index in [9.17, 15) is 0 Å². The minimum Gasteiger partial charge on any atom is -1.00 e. The summed E-state index contributed by atoms with van der Waals surface area (Å²) in [5.41, 5.74) is 8.21. The Bertz CT molecular complexity index is 1350. The first-order valence-corrected chi connectivity index (χ1v) is 23.2. The Labute approximate surface area is 362 Å². The van der Waals surface area contributed by atoms with Gasteiger partial charge in [-0.3, -0.25) is 0 Å². The van der Waals surface area contributed by atoms with E-state index < -0.39 is 0 Å². The molecule has 0 aliphatic heterocycles. The quantitative estimate of drug-likeness (QED) is 0.0892. The Hall–Kier alpha value is -1.48. The average molecular weight is 831 g/mol. The highest BCUT2D eigenvalue weighted by Crippen LogP contribution is 2.44. The fraction of sp³-hybridized carbons (Fsp3) is 0.706. The molecule has 3 aromatic rings. The number of rotatable bonds is 22. The highest BCUT2D eigenvalue weighted by Gasteiger charge is 2.35. The summed E-state index contributed by atoms with van der Waals surface area (Å²) in [5, 5.41) is 1.23. The average Bonchev–Trinajstić information content (AvgIpc) is 3.33. The maximum atomic E-state index is 7.69. The molecule has 318 valence electrons. The van der Waals surface area contributed by atoms with E-state index in [2.05, 4.69) is 163 Å². The summed E-state index contributed by atoms with van der Waals surface area (Å²) >= 11 is 15.4. The number of halogens is 3. The maximum absolute atomic E-state index is 7.69. The van der Waals surface area contributed by atoms with Crippen LogP contribution >= 0.6 is 23.2 Å². The minimum absolute atomic E-state index is 0. The molecule has 0 saturated carbocycles. The van der Waals surface area contributed by atoms with Crippen molar-refractivity contribution < 1.29 is 17.0 Å². The normalized spacial score (nSPS) is 12.7. The second-order valence-corrected chi connectivity index (χ2v) is 21.5. The SMILES string of the molecule is CC(C)CC(CC(C)C)c1cccc(C(CC(C)C)CC(C)C)c1-n1c[n+](-c2c(C(CC(C)C)CC(C)C)cccc2C(CC(C)C)CC(C)C)c(Cl)c1Cl.[Cl-]. The molecule has 0 unspecified atom stereocenters. The molecule has 56 heavy (non-hydrogen) atoms. The lowest BCUT2D eigenvalue weighted by molar-refractivity contribution is -0.593. The van der Waals surface area contributed by atoms with Gasteiger partial charge in [0.05, 0.1) is 0 Å². The third kappa shape index (κ3) is 14.4. The third-order valence-electron chi connectivity index (χ3n) is 11.3. The van der Waals surface area contributed by atoms with Gasteiger partial charge in [0.2, 0.25) is 0 Å². The van der Waals surface area contributed by atoms with E-state index in [-0.39, 0.29) is 12.4 Å². The van der Waals surface area contributed by atoms with E-state index in [1.165, 1.54) is 33.6 Å². The zero-order chi connectivity index (χ0) is 41.3. The van der Waals surface area contributed by atoms with Crippen molar-refractivity contribution in [2.75, 3.05) is 0 Å². The standard InChI is InChI=1S/C51H83Cl2N2.ClH/c1-32(2)23-40(24-33(3)4)44-19-17-20-45(41(25-34(5)6)26-35(7)8)48(44)54-31-55(51(53)50(54)52)49-46(42(27-36(9)10)28-37(11)12)21-18-22-47(49)43(29-38(13)14)30-39(15)16;/h17-22,31-43H,23-30H2,1-16H3;1H/q+1;/p-1. The lowest BCUT2D eigenvalue weighted by Crippen LogP contribution is -3.00. The first kappa shape index (κ1) is 50.7. The van der Waals surface area contributed by atoms with Crippen LogP contribution in [0.4, 0.5) is 0 Å². The molecule has 1 aromatic heterocycles. The predicted octanol–water partition coefficient (Wildman–Crippen LogP) is 13.8. The Morgan fingerprint density at radius 2 is 0.679 bits per heavy atom. The number of hydrogen-bond donors (Lipinski definition) is 0. The molecule has 3 rings (SSSR count). The van der Waals surface area contributed by atoms with Crippen molar-refractivity contribution in [3.05, 3.63) is 75.3 Å². The third-order valence-corrected chi connectivity index (χ3v) is 12.1. The predicted molar refractivity (Wildman–Crippen MR) is 244 cm³/mol. The molecular weight excluding hydrogens is 747 g/mol. The van der Waals surface area contributed by atoms with Crippen LogP contribution in [-0.4, -0.2) is 4.57 Å². The lowest BCUT2D eigenvalue weighted by atomic mass is 9.78. The van der Waals surface area contributed by atoms with Crippen molar-refractivity contribution in [2.24, 2.45) is 47.3 Å². The van der Waals surface area contributed by atoms with Gasteiger partial charge in [0, 0.05) is 22.3 Å². The van der Waals surface area contributed by atoms with Crippen LogP contribution in [0.2, 0.25) is 10.3 Å². The molecule has 0 atom stereocenters. The van der Waals surface area contributed by atoms with Gasteiger partial charge in [0.15, 0.2) is 0 Å². The summed E-state index contributed by atoms with van der Waals surface area (Å²) in [6, 6.07) is 14.3. The van der Waals surface area contributed by atoms with Crippen LogP contribution in [0.3, 0.4) is 0 Å². The van der Waals surface area contributed by atoms with Crippen molar-refractivity contribution in [2.45, 2.75) is 186 Å². The number of imidazole rings is 1. The highest BCUT2D eigenvalue weighted by atomic mass is 35.5. The van der Waals surface area contributed by atoms with Crippen molar-refractivity contribution in [1.82, 2.24) is 4.57 Å². The van der Waals surface area contributed by atoms with Gasteiger partial charge in [-0.2, -0.15) is 9.13 Å². The van der Waals surface area contributed by atoms with Crippen LogP contribution in [0, 0.1) is 47.3 Å². The zero-order valence-electron chi connectivity index (χ0n) is 38.7. The van der Waals surface area contributed by atoms with E-state index in [1.54, 1.807) is 0 Å². The van der Waals surface area contributed by atoms with Crippen molar-refractivity contribution >= 4 is 23.2 Å². The van der Waals surface area contributed by atoms with Crippen molar-refractivity contribution in [3.63, 3.8) is 0 Å². The van der Waals surface area contributed by atoms with Crippen LogP contribution in [0.1, 0.15) is 208 Å². The van der Waals surface area contributed by atoms with Gasteiger partial charge in [-0.25, -0.2) is 0 Å². The molecule has 0 fully saturated rings. The van der Waals surface area contributed by atoms with Gasteiger partial charge < -0.3 is 12.4 Å². The summed E-state index contributed by atoms with van der Waals surface area (Å²) in [6.45, 7) is 38.0. The Balaban J connectivity index is 0.0000108. The zero-order valence-corrected chi connectivity index (χ0v) is 40.9. The summed E-state index contributed by atoms with van der Waals surface area (Å²) in [4.78, 5) is 0. The summed E-state index contributed by atoms with van der Waals surface area (Å²) in [5.74, 6) is 6.38. The van der Waals surface area contributed by atoms with Crippen LogP contribution in [0.5, 0.6) is 0 Å². The largest absolute Gasteiger partial charge is 1.00 e. The molecule has 0 aliphatic rings.